The third kappa shape index (κ3) is 9.37. The summed E-state index contributed by atoms with van der Waals surface area (Å²) < 4.78 is 0. The van der Waals surface area contributed by atoms with E-state index in [-0.39, 0.29) is 29.9 Å². The summed E-state index contributed by atoms with van der Waals surface area (Å²) in [5.41, 5.74) is 2.15. The number of carbonyl (C=O) groups is 1. The average Bonchev–Trinajstić information content (AvgIpc) is 2.62. The quantitative estimate of drug-likeness (QED) is 0.308. The fourth-order valence-electron chi connectivity index (χ4n) is 2.40. The van der Waals surface area contributed by atoms with E-state index >= 15 is 0 Å². The Bertz CT molecular complexity index is 721. The number of halogens is 1. The van der Waals surface area contributed by atoms with Crippen LogP contribution in [0.2, 0.25) is 0 Å². The first-order valence-corrected chi connectivity index (χ1v) is 8.97. The first-order chi connectivity index (χ1) is 12.7. The lowest BCUT2D eigenvalue weighted by molar-refractivity contribution is -0.116. The van der Waals surface area contributed by atoms with Crippen LogP contribution in [0, 0.1) is 6.92 Å². The minimum absolute atomic E-state index is 0. The van der Waals surface area contributed by atoms with Gasteiger partial charge in [-0.05, 0) is 38.0 Å². The van der Waals surface area contributed by atoms with Crippen LogP contribution in [-0.2, 0) is 11.2 Å². The van der Waals surface area contributed by atoms with Crippen molar-refractivity contribution in [3.63, 3.8) is 0 Å². The van der Waals surface area contributed by atoms with Crippen LogP contribution in [0.25, 0.3) is 0 Å². The maximum atomic E-state index is 12.0. The van der Waals surface area contributed by atoms with Crippen LogP contribution in [0.15, 0.2) is 53.5 Å². The Morgan fingerprint density at radius 3 is 2.56 bits per heavy atom. The second-order valence-corrected chi connectivity index (χ2v) is 5.89. The number of aliphatic imine (C=N–C) groups is 1. The predicted molar refractivity (Wildman–Crippen MR) is 122 cm³/mol. The molecule has 3 N–H and O–H groups in total. The van der Waals surface area contributed by atoms with Crippen LogP contribution in [0.4, 0.5) is 5.82 Å². The van der Waals surface area contributed by atoms with Crippen molar-refractivity contribution in [3.8, 4) is 0 Å². The van der Waals surface area contributed by atoms with Crippen molar-refractivity contribution in [2.24, 2.45) is 4.99 Å². The molecule has 146 valence electrons. The third-order valence-corrected chi connectivity index (χ3v) is 3.66. The van der Waals surface area contributed by atoms with Gasteiger partial charge in [-0.2, -0.15) is 0 Å². The van der Waals surface area contributed by atoms with Crippen LogP contribution >= 0.6 is 24.0 Å². The van der Waals surface area contributed by atoms with Crippen molar-refractivity contribution in [1.29, 1.82) is 0 Å². The van der Waals surface area contributed by atoms with Crippen LogP contribution in [0.1, 0.15) is 24.6 Å². The number of hydrogen-bond donors (Lipinski definition) is 3. The number of amides is 1. The number of aryl methyl sites for hydroxylation is 1. The molecule has 0 saturated carbocycles. The first kappa shape index (κ1) is 22.9. The summed E-state index contributed by atoms with van der Waals surface area (Å²) in [6.07, 6.45) is 1.23. The van der Waals surface area contributed by atoms with Crippen molar-refractivity contribution < 1.29 is 4.79 Å². The molecule has 0 aliphatic heterocycles. The van der Waals surface area contributed by atoms with E-state index < -0.39 is 0 Å². The molecule has 1 amide bonds. The fourth-order valence-corrected chi connectivity index (χ4v) is 2.40. The molecule has 0 atom stereocenters. The molecule has 0 radical (unpaired) electrons. The van der Waals surface area contributed by atoms with E-state index in [4.69, 9.17) is 0 Å². The minimum atomic E-state index is -0.0908. The Morgan fingerprint density at radius 1 is 1.07 bits per heavy atom. The van der Waals surface area contributed by atoms with Gasteiger partial charge in [-0.25, -0.2) is 4.98 Å². The summed E-state index contributed by atoms with van der Waals surface area (Å²) in [4.78, 5) is 20.7. The number of hydrogen-bond acceptors (Lipinski definition) is 3. The van der Waals surface area contributed by atoms with Gasteiger partial charge in [-0.3, -0.25) is 9.79 Å². The largest absolute Gasteiger partial charge is 0.357 e. The molecule has 0 aliphatic carbocycles. The molecule has 0 fully saturated rings. The predicted octanol–water partition coefficient (Wildman–Crippen LogP) is 3.13. The van der Waals surface area contributed by atoms with Crippen molar-refractivity contribution in [2.75, 3.05) is 25.0 Å². The molecule has 0 saturated heterocycles. The van der Waals surface area contributed by atoms with E-state index in [2.05, 4.69) is 38.1 Å². The van der Waals surface area contributed by atoms with Crippen LogP contribution in [0.5, 0.6) is 0 Å². The molecule has 0 spiro atoms. The van der Waals surface area contributed by atoms with Gasteiger partial charge in [0.05, 0.1) is 6.54 Å². The molecule has 6 nitrogen and oxygen atoms in total. The van der Waals surface area contributed by atoms with Crippen LogP contribution in [-0.4, -0.2) is 36.5 Å². The highest BCUT2D eigenvalue weighted by atomic mass is 127. The number of nitrogens with one attached hydrogen (secondary N) is 3. The van der Waals surface area contributed by atoms with Crippen LogP contribution in [0.3, 0.4) is 0 Å². The Morgan fingerprint density at radius 2 is 1.85 bits per heavy atom. The highest BCUT2D eigenvalue weighted by Crippen LogP contribution is 2.04. The minimum Gasteiger partial charge on any atom is -0.357 e. The number of rotatable bonds is 8. The summed E-state index contributed by atoms with van der Waals surface area (Å²) >= 11 is 0. The van der Waals surface area contributed by atoms with Gasteiger partial charge in [0, 0.05) is 25.2 Å². The van der Waals surface area contributed by atoms with Gasteiger partial charge in [-0.15, -0.1) is 24.0 Å². The number of anilines is 1. The molecule has 2 rings (SSSR count). The second kappa shape index (κ2) is 13.1. The van der Waals surface area contributed by atoms with Gasteiger partial charge in [0.25, 0.3) is 0 Å². The number of pyridine rings is 1. The lowest BCUT2D eigenvalue weighted by atomic mass is 10.1. The molecular weight excluding hydrogens is 453 g/mol. The van der Waals surface area contributed by atoms with Crippen molar-refractivity contribution in [3.05, 3.63) is 59.8 Å². The number of benzene rings is 1. The molecule has 2 aromatic rings. The number of aromatic nitrogens is 1. The van der Waals surface area contributed by atoms with Gasteiger partial charge in [-0.1, -0.05) is 36.4 Å². The maximum absolute atomic E-state index is 12.0. The van der Waals surface area contributed by atoms with Crippen molar-refractivity contribution >= 4 is 41.7 Å². The molecule has 0 aliphatic rings. The van der Waals surface area contributed by atoms with E-state index in [0.717, 1.165) is 31.2 Å². The molecule has 0 unspecified atom stereocenters. The maximum Gasteiger partial charge on any atom is 0.227 e. The standard InChI is InChI=1S/C20H27N5O.HI/c1-3-21-20(22-14-12-17-9-5-4-6-10-17)23-15-13-19(26)25-18-11-7-8-16(2)24-18;/h4-11H,3,12-15H2,1-2H3,(H2,21,22,23)(H,24,25,26);1H. The summed E-state index contributed by atoms with van der Waals surface area (Å²) in [7, 11) is 0. The van der Waals surface area contributed by atoms with Gasteiger partial charge in [0.15, 0.2) is 5.96 Å². The Labute approximate surface area is 178 Å². The Balaban J connectivity index is 0.00000364. The molecule has 7 heteroatoms. The van der Waals surface area contributed by atoms with E-state index in [9.17, 15) is 4.79 Å². The first-order valence-electron chi connectivity index (χ1n) is 8.97. The molecule has 0 bridgehead atoms. The Kier molecular flexibility index (Phi) is 11.1. The average molecular weight is 481 g/mol. The van der Waals surface area contributed by atoms with Gasteiger partial charge >= 0.3 is 0 Å². The van der Waals surface area contributed by atoms with Gasteiger partial charge in [0.2, 0.25) is 5.91 Å². The number of guanidine groups is 1. The lowest BCUT2D eigenvalue weighted by Crippen LogP contribution is -2.38. The molecular formula is C20H28IN5O. The summed E-state index contributed by atoms with van der Waals surface area (Å²) in [6, 6.07) is 15.8. The van der Waals surface area contributed by atoms with Crippen molar-refractivity contribution in [2.45, 2.75) is 26.7 Å². The molecule has 27 heavy (non-hydrogen) atoms. The highest BCUT2D eigenvalue weighted by molar-refractivity contribution is 14.0. The molecule has 1 heterocycles. The van der Waals surface area contributed by atoms with Crippen LogP contribution < -0.4 is 16.0 Å². The van der Waals surface area contributed by atoms with E-state index in [1.165, 1.54) is 5.56 Å². The van der Waals surface area contributed by atoms with E-state index in [1.807, 2.05) is 44.2 Å². The lowest BCUT2D eigenvalue weighted by Gasteiger charge is -2.11. The number of nitrogens with zero attached hydrogens (tertiary/aromatic N) is 2. The Hall–Kier alpha value is -2.16. The fraction of sp³-hybridized carbons (Fsp3) is 0.350. The third-order valence-electron chi connectivity index (χ3n) is 3.66. The van der Waals surface area contributed by atoms with E-state index in [1.54, 1.807) is 6.07 Å². The highest BCUT2D eigenvalue weighted by Gasteiger charge is 2.04. The molecule has 1 aromatic carbocycles. The van der Waals surface area contributed by atoms with E-state index in [0.29, 0.717) is 18.8 Å². The second-order valence-electron chi connectivity index (χ2n) is 5.89. The zero-order chi connectivity index (χ0) is 18.6. The van der Waals surface area contributed by atoms with Gasteiger partial charge < -0.3 is 16.0 Å². The molecule has 1 aromatic heterocycles. The monoisotopic (exact) mass is 481 g/mol. The summed E-state index contributed by atoms with van der Waals surface area (Å²) in [5, 5.41) is 9.28. The zero-order valence-corrected chi connectivity index (χ0v) is 18.2. The SMILES string of the molecule is CCNC(=NCCC(=O)Nc1cccc(C)n1)NCCc1ccccc1.I. The van der Waals surface area contributed by atoms with Crippen molar-refractivity contribution in [1.82, 2.24) is 15.6 Å². The smallest absolute Gasteiger partial charge is 0.227 e. The number of carbonyl (C=O) groups excluding carboxylic acids is 1. The van der Waals surface area contributed by atoms with Gasteiger partial charge in [0.1, 0.15) is 5.82 Å². The normalized spacial score (nSPS) is 10.7. The topological polar surface area (TPSA) is 78.4 Å². The summed E-state index contributed by atoms with van der Waals surface area (Å²) in [6.45, 7) is 5.89. The summed E-state index contributed by atoms with van der Waals surface area (Å²) in [5.74, 6) is 1.21. The zero-order valence-electron chi connectivity index (χ0n) is 15.9.